The van der Waals surface area contributed by atoms with Crippen LogP contribution in [0.15, 0.2) is 47.0 Å². The highest BCUT2D eigenvalue weighted by Crippen LogP contribution is 2.25. The van der Waals surface area contributed by atoms with Crippen LogP contribution < -0.4 is 0 Å². The molecule has 3 aromatic rings. The Hall–Kier alpha value is -3.15. The first-order chi connectivity index (χ1) is 12.9. The van der Waals surface area contributed by atoms with E-state index in [4.69, 9.17) is 9.26 Å². The van der Waals surface area contributed by atoms with Crippen molar-refractivity contribution in [2.75, 3.05) is 6.61 Å². The molecule has 0 N–H and O–H groups in total. The van der Waals surface area contributed by atoms with Crippen LogP contribution in [0.1, 0.15) is 56.5 Å². The standard InChI is InChI=1S/C21H22N2O4/c1-13-10-20(27-22-13)21(25)26-12-19(24)18-11-14(2)23(16(18)4)15(3)17-8-6-5-7-9-17/h5-11,15H,12H2,1-4H3/t15-/m1/s1. The molecule has 1 aromatic carbocycles. The Kier molecular flexibility index (Phi) is 5.26. The maximum Gasteiger partial charge on any atom is 0.377 e. The normalized spacial score (nSPS) is 12.0. The molecule has 0 bridgehead atoms. The lowest BCUT2D eigenvalue weighted by Gasteiger charge is -2.19. The number of aromatic nitrogens is 2. The molecular formula is C21H22N2O4. The van der Waals surface area contributed by atoms with Crippen molar-refractivity contribution in [3.63, 3.8) is 0 Å². The van der Waals surface area contributed by atoms with Crippen LogP contribution in [-0.2, 0) is 4.74 Å². The summed E-state index contributed by atoms with van der Waals surface area (Å²) in [6.07, 6.45) is 0. The molecule has 140 valence electrons. The van der Waals surface area contributed by atoms with Gasteiger partial charge in [-0.15, -0.1) is 0 Å². The van der Waals surface area contributed by atoms with Crippen molar-refractivity contribution in [2.24, 2.45) is 0 Å². The highest BCUT2D eigenvalue weighted by atomic mass is 16.6. The first kappa shape index (κ1) is 18.6. The van der Waals surface area contributed by atoms with Gasteiger partial charge in [-0.05, 0) is 39.3 Å². The van der Waals surface area contributed by atoms with Gasteiger partial charge in [-0.1, -0.05) is 35.5 Å². The van der Waals surface area contributed by atoms with Crippen LogP contribution in [-0.4, -0.2) is 28.1 Å². The van der Waals surface area contributed by atoms with Gasteiger partial charge in [0, 0.05) is 23.0 Å². The molecule has 0 saturated heterocycles. The van der Waals surface area contributed by atoms with Gasteiger partial charge in [0.2, 0.25) is 11.5 Å². The van der Waals surface area contributed by atoms with Gasteiger partial charge in [-0.2, -0.15) is 0 Å². The van der Waals surface area contributed by atoms with Crippen molar-refractivity contribution in [2.45, 2.75) is 33.7 Å². The van der Waals surface area contributed by atoms with Crippen LogP contribution >= 0.6 is 0 Å². The molecule has 3 rings (SSSR count). The highest BCUT2D eigenvalue weighted by Gasteiger charge is 2.21. The fourth-order valence-electron chi connectivity index (χ4n) is 3.28. The number of Topliss-reactive ketones (excluding diaryl/α,β-unsaturated/α-hetero) is 1. The maximum absolute atomic E-state index is 12.6. The molecule has 2 aromatic heterocycles. The van der Waals surface area contributed by atoms with E-state index in [0.717, 1.165) is 17.0 Å². The molecule has 0 amide bonds. The fraction of sp³-hybridized carbons (Fsp3) is 0.286. The largest absolute Gasteiger partial charge is 0.451 e. The predicted octanol–water partition coefficient (Wildman–Crippen LogP) is 4.05. The van der Waals surface area contributed by atoms with Crippen LogP contribution in [0, 0.1) is 20.8 Å². The van der Waals surface area contributed by atoms with Crippen LogP contribution in [0.25, 0.3) is 0 Å². The molecule has 0 spiro atoms. The minimum Gasteiger partial charge on any atom is -0.451 e. The van der Waals surface area contributed by atoms with E-state index < -0.39 is 5.97 Å². The van der Waals surface area contributed by atoms with Crippen molar-refractivity contribution in [3.05, 3.63) is 76.4 Å². The lowest BCUT2D eigenvalue weighted by atomic mass is 10.1. The Labute approximate surface area is 157 Å². The third kappa shape index (κ3) is 3.84. The molecule has 6 nitrogen and oxygen atoms in total. The second kappa shape index (κ2) is 7.61. The average Bonchev–Trinajstić information content (AvgIpc) is 3.22. The molecule has 1 atom stereocenters. The van der Waals surface area contributed by atoms with Gasteiger partial charge in [-0.25, -0.2) is 4.79 Å². The number of aryl methyl sites for hydroxylation is 2. The Morgan fingerprint density at radius 2 is 1.85 bits per heavy atom. The van der Waals surface area contributed by atoms with Crippen LogP contribution in [0.5, 0.6) is 0 Å². The summed E-state index contributed by atoms with van der Waals surface area (Å²) in [5, 5.41) is 3.64. The number of benzene rings is 1. The molecule has 27 heavy (non-hydrogen) atoms. The minimum absolute atomic E-state index is 0.0107. The topological polar surface area (TPSA) is 74.3 Å². The second-order valence-electron chi connectivity index (χ2n) is 6.57. The van der Waals surface area contributed by atoms with Crippen molar-refractivity contribution < 1.29 is 18.8 Å². The number of ketones is 1. The number of nitrogens with zero attached hydrogens (tertiary/aromatic N) is 2. The zero-order chi connectivity index (χ0) is 19.6. The van der Waals surface area contributed by atoms with Crippen molar-refractivity contribution in [1.29, 1.82) is 0 Å². The summed E-state index contributed by atoms with van der Waals surface area (Å²) in [5.74, 6) is -0.960. The number of carbonyl (C=O) groups excluding carboxylic acids is 2. The Bertz CT molecular complexity index is 969. The van der Waals surface area contributed by atoms with E-state index >= 15 is 0 Å². The molecule has 0 unspecified atom stereocenters. The summed E-state index contributed by atoms with van der Waals surface area (Å²) in [6, 6.07) is 13.5. The summed E-state index contributed by atoms with van der Waals surface area (Å²) in [6.45, 7) is 7.32. The van der Waals surface area contributed by atoms with Crippen molar-refractivity contribution in [1.82, 2.24) is 9.72 Å². The number of esters is 1. The lowest BCUT2D eigenvalue weighted by molar-refractivity contribution is 0.0435. The predicted molar refractivity (Wildman–Crippen MR) is 100 cm³/mol. The van der Waals surface area contributed by atoms with Gasteiger partial charge in [0.05, 0.1) is 11.7 Å². The smallest absolute Gasteiger partial charge is 0.377 e. The maximum atomic E-state index is 12.6. The number of carbonyl (C=O) groups is 2. The van der Waals surface area contributed by atoms with Gasteiger partial charge >= 0.3 is 5.97 Å². The first-order valence-corrected chi connectivity index (χ1v) is 8.75. The summed E-state index contributed by atoms with van der Waals surface area (Å²) in [4.78, 5) is 24.5. The number of hydrogen-bond acceptors (Lipinski definition) is 5. The quantitative estimate of drug-likeness (QED) is 0.486. The van der Waals surface area contributed by atoms with E-state index in [1.54, 1.807) is 6.92 Å². The van der Waals surface area contributed by atoms with Gasteiger partial charge in [0.1, 0.15) is 0 Å². The highest BCUT2D eigenvalue weighted by molar-refractivity contribution is 6.00. The Balaban J connectivity index is 1.75. The first-order valence-electron chi connectivity index (χ1n) is 8.75. The summed E-state index contributed by atoms with van der Waals surface area (Å²) >= 11 is 0. The summed E-state index contributed by atoms with van der Waals surface area (Å²) in [5.41, 5.74) is 4.11. The van der Waals surface area contributed by atoms with Gasteiger partial charge in [0.15, 0.2) is 6.61 Å². The third-order valence-electron chi connectivity index (χ3n) is 4.62. The number of rotatable bonds is 6. The zero-order valence-corrected chi connectivity index (χ0v) is 15.9. The number of ether oxygens (including phenoxy) is 1. The van der Waals surface area contributed by atoms with E-state index in [9.17, 15) is 9.59 Å². The fourth-order valence-corrected chi connectivity index (χ4v) is 3.28. The van der Waals surface area contributed by atoms with Crippen molar-refractivity contribution >= 4 is 11.8 Å². The summed E-state index contributed by atoms with van der Waals surface area (Å²) in [7, 11) is 0. The number of hydrogen-bond donors (Lipinski definition) is 0. The molecule has 0 aliphatic heterocycles. The third-order valence-corrected chi connectivity index (χ3v) is 4.62. The van der Waals surface area contributed by atoms with E-state index in [-0.39, 0.29) is 24.2 Å². The van der Waals surface area contributed by atoms with E-state index in [0.29, 0.717) is 11.3 Å². The molecule has 2 heterocycles. The van der Waals surface area contributed by atoms with Gasteiger partial charge < -0.3 is 13.8 Å². The Morgan fingerprint density at radius 3 is 2.48 bits per heavy atom. The molecule has 0 aliphatic rings. The molecule has 0 aliphatic carbocycles. The van der Waals surface area contributed by atoms with E-state index in [1.165, 1.54) is 6.07 Å². The molecule has 0 radical (unpaired) electrons. The Morgan fingerprint density at radius 1 is 1.15 bits per heavy atom. The SMILES string of the molecule is Cc1cc(C(=O)OCC(=O)c2cc(C)n([C@H](C)c3ccccc3)c2C)on1. The average molecular weight is 366 g/mol. The van der Waals surface area contributed by atoms with E-state index in [1.807, 2.05) is 38.1 Å². The molecule has 6 heteroatoms. The molecular weight excluding hydrogens is 344 g/mol. The molecule has 0 fully saturated rings. The lowest BCUT2D eigenvalue weighted by Crippen LogP contribution is -2.15. The molecule has 0 saturated carbocycles. The van der Waals surface area contributed by atoms with Crippen LogP contribution in [0.4, 0.5) is 0 Å². The van der Waals surface area contributed by atoms with Crippen molar-refractivity contribution in [3.8, 4) is 0 Å². The minimum atomic E-state index is -0.699. The van der Waals surface area contributed by atoms with Crippen LogP contribution in [0.3, 0.4) is 0 Å². The monoisotopic (exact) mass is 366 g/mol. The van der Waals surface area contributed by atoms with Gasteiger partial charge in [0.25, 0.3) is 0 Å². The van der Waals surface area contributed by atoms with E-state index in [2.05, 4.69) is 28.8 Å². The van der Waals surface area contributed by atoms with Crippen LogP contribution in [0.2, 0.25) is 0 Å². The van der Waals surface area contributed by atoms with Gasteiger partial charge in [-0.3, -0.25) is 4.79 Å². The summed E-state index contributed by atoms with van der Waals surface area (Å²) < 4.78 is 12.0. The second-order valence-corrected chi connectivity index (χ2v) is 6.57. The zero-order valence-electron chi connectivity index (χ0n) is 15.9.